The monoisotopic (exact) mass is 697 g/mol. The van der Waals surface area contributed by atoms with E-state index in [1.54, 1.807) is 18.2 Å². The molecule has 13 heteroatoms. The lowest BCUT2D eigenvalue weighted by atomic mass is 9.81. The SMILES string of the molecule is CC(C)(C)OC(=O)NCC1CCC(C(=O)N(c2ccc3c(=O)[nH][nH]c3c2)[C@@H](Cc2ccc(-c3ccc(N4CCOCC4)nc3)cc2)C(N)=O)CC1. The van der Waals surface area contributed by atoms with Crippen molar-refractivity contribution in [3.63, 3.8) is 0 Å². The summed E-state index contributed by atoms with van der Waals surface area (Å²) in [6.45, 7) is 8.93. The third-order valence-corrected chi connectivity index (χ3v) is 9.64. The summed E-state index contributed by atoms with van der Waals surface area (Å²) in [5.41, 5.74) is 8.99. The first kappa shape index (κ1) is 35.6. The van der Waals surface area contributed by atoms with Gasteiger partial charge in [0, 0.05) is 49.4 Å². The number of amides is 3. The number of ether oxygens (including phenoxy) is 2. The molecular weight excluding hydrogens is 650 g/mol. The standard InChI is InChI=1S/C38H47N7O6/c1-38(2,3)51-37(49)41-22-25-6-10-27(11-7-25)36(48)45(29-13-14-30-31(21-29)42-43-35(30)47)32(34(39)46)20-24-4-8-26(9-5-24)28-12-15-33(40-23-28)44-16-18-50-19-17-44/h4-5,8-9,12-15,21,23,25,27,32H,6-7,10-11,16-20,22H2,1-3H3,(H2,39,46)(H,41,49)(H2,42,43,47)/t25?,27?,32-/m0/s1. The Morgan fingerprint density at radius 2 is 1.71 bits per heavy atom. The molecule has 2 aromatic heterocycles. The Hall–Kier alpha value is -5.17. The number of primary amides is 1. The summed E-state index contributed by atoms with van der Waals surface area (Å²) in [5.74, 6) is -0.0557. The van der Waals surface area contributed by atoms with Gasteiger partial charge in [-0.25, -0.2) is 9.78 Å². The van der Waals surface area contributed by atoms with Crippen molar-refractivity contribution in [2.45, 2.75) is 64.5 Å². The average molecular weight is 698 g/mol. The maximum absolute atomic E-state index is 14.4. The molecule has 0 radical (unpaired) electrons. The van der Waals surface area contributed by atoms with Crippen molar-refractivity contribution in [3.05, 3.63) is 76.7 Å². The molecule has 1 saturated carbocycles. The Bertz CT molecular complexity index is 1880. The minimum Gasteiger partial charge on any atom is -0.444 e. The Kier molecular flexibility index (Phi) is 10.8. The number of nitrogens with one attached hydrogen (secondary N) is 3. The number of rotatable bonds is 10. The Labute approximate surface area is 296 Å². The van der Waals surface area contributed by atoms with Gasteiger partial charge in [-0.1, -0.05) is 24.3 Å². The van der Waals surface area contributed by atoms with Crippen LogP contribution in [0.2, 0.25) is 0 Å². The summed E-state index contributed by atoms with van der Waals surface area (Å²) >= 11 is 0. The Morgan fingerprint density at radius 3 is 2.35 bits per heavy atom. The topological polar surface area (TPSA) is 176 Å². The second-order valence-corrected chi connectivity index (χ2v) is 14.4. The smallest absolute Gasteiger partial charge is 0.407 e. The molecule has 51 heavy (non-hydrogen) atoms. The van der Waals surface area contributed by atoms with E-state index in [1.165, 1.54) is 4.90 Å². The van der Waals surface area contributed by atoms with Gasteiger partial charge >= 0.3 is 6.09 Å². The van der Waals surface area contributed by atoms with Crippen LogP contribution in [0.25, 0.3) is 22.0 Å². The van der Waals surface area contributed by atoms with Gasteiger partial charge in [0.15, 0.2) is 0 Å². The largest absolute Gasteiger partial charge is 0.444 e. The molecule has 1 saturated heterocycles. The number of fused-ring (bicyclic) bond motifs is 1. The van der Waals surface area contributed by atoms with Gasteiger partial charge in [-0.15, -0.1) is 0 Å². The van der Waals surface area contributed by atoms with Crippen LogP contribution in [0.3, 0.4) is 0 Å². The van der Waals surface area contributed by atoms with Crippen LogP contribution < -0.4 is 26.4 Å². The van der Waals surface area contributed by atoms with Crippen molar-refractivity contribution in [1.29, 1.82) is 0 Å². The van der Waals surface area contributed by atoms with Crippen LogP contribution in [0.5, 0.6) is 0 Å². The van der Waals surface area contributed by atoms with Crippen LogP contribution in [-0.4, -0.2) is 77.6 Å². The predicted octanol–water partition coefficient (Wildman–Crippen LogP) is 4.52. The average Bonchev–Trinajstić information content (AvgIpc) is 3.50. The number of hydrogen-bond acceptors (Lipinski definition) is 8. The van der Waals surface area contributed by atoms with Crippen molar-refractivity contribution >= 4 is 40.3 Å². The van der Waals surface area contributed by atoms with E-state index in [0.29, 0.717) is 49.2 Å². The molecule has 2 aromatic carbocycles. The molecule has 0 spiro atoms. The predicted molar refractivity (Wildman–Crippen MR) is 195 cm³/mol. The number of carbonyl (C=O) groups excluding carboxylic acids is 3. The van der Waals surface area contributed by atoms with Crippen LogP contribution in [0.15, 0.2) is 65.6 Å². The van der Waals surface area contributed by atoms with Crippen LogP contribution in [-0.2, 0) is 25.5 Å². The minimum absolute atomic E-state index is 0.197. The Balaban J connectivity index is 1.18. The third-order valence-electron chi connectivity index (χ3n) is 9.64. The summed E-state index contributed by atoms with van der Waals surface area (Å²) in [6.07, 6.45) is 4.25. The quantitative estimate of drug-likeness (QED) is 0.187. The van der Waals surface area contributed by atoms with Gasteiger partial charge in [-0.2, -0.15) is 0 Å². The van der Waals surface area contributed by atoms with E-state index in [9.17, 15) is 19.2 Å². The second-order valence-electron chi connectivity index (χ2n) is 14.4. The van der Waals surface area contributed by atoms with Gasteiger partial charge in [-0.3, -0.25) is 29.5 Å². The van der Waals surface area contributed by atoms with E-state index in [2.05, 4.69) is 25.4 Å². The molecule has 3 heterocycles. The van der Waals surface area contributed by atoms with Crippen molar-refractivity contribution in [1.82, 2.24) is 20.5 Å². The molecule has 6 rings (SSSR count). The number of morpholine rings is 1. The van der Waals surface area contributed by atoms with Gasteiger partial charge in [0.25, 0.3) is 5.56 Å². The fourth-order valence-electron chi connectivity index (χ4n) is 6.90. The number of alkyl carbamates (subject to hydrolysis) is 1. The van der Waals surface area contributed by atoms with Gasteiger partial charge < -0.3 is 25.4 Å². The lowest BCUT2D eigenvalue weighted by molar-refractivity contribution is -0.127. The van der Waals surface area contributed by atoms with Crippen molar-refractivity contribution in [3.8, 4) is 11.1 Å². The van der Waals surface area contributed by atoms with Crippen LogP contribution >= 0.6 is 0 Å². The molecule has 2 fully saturated rings. The van der Waals surface area contributed by atoms with E-state index in [1.807, 2.05) is 63.4 Å². The zero-order valence-electron chi connectivity index (χ0n) is 29.4. The summed E-state index contributed by atoms with van der Waals surface area (Å²) in [5, 5.41) is 8.73. The molecule has 2 aliphatic rings. The molecule has 0 unspecified atom stereocenters. The number of carbonyl (C=O) groups is 3. The molecule has 13 nitrogen and oxygen atoms in total. The van der Waals surface area contributed by atoms with Gasteiger partial charge in [0.1, 0.15) is 17.5 Å². The number of benzene rings is 2. The summed E-state index contributed by atoms with van der Waals surface area (Å²) in [6, 6.07) is 16.0. The second kappa shape index (κ2) is 15.4. The molecule has 4 aromatic rings. The fraction of sp³-hybridized carbons (Fsp3) is 0.447. The number of aromatic nitrogens is 3. The normalized spacial score (nSPS) is 18.6. The first-order valence-electron chi connectivity index (χ1n) is 17.6. The molecule has 1 aliphatic carbocycles. The lowest BCUT2D eigenvalue weighted by Gasteiger charge is -2.36. The van der Waals surface area contributed by atoms with Gasteiger partial charge in [0.2, 0.25) is 11.8 Å². The highest BCUT2D eigenvalue weighted by atomic mass is 16.6. The molecular formula is C38H47N7O6. The number of pyridine rings is 1. The summed E-state index contributed by atoms with van der Waals surface area (Å²) in [7, 11) is 0. The first-order valence-corrected chi connectivity index (χ1v) is 17.6. The molecule has 1 atom stereocenters. The first-order chi connectivity index (χ1) is 24.4. The zero-order chi connectivity index (χ0) is 36.1. The molecule has 5 N–H and O–H groups in total. The van der Waals surface area contributed by atoms with Crippen molar-refractivity contribution < 1.29 is 23.9 Å². The van der Waals surface area contributed by atoms with Crippen LogP contribution in [0.1, 0.15) is 52.0 Å². The van der Waals surface area contributed by atoms with Crippen LogP contribution in [0, 0.1) is 11.8 Å². The van der Waals surface area contributed by atoms with E-state index >= 15 is 0 Å². The number of nitrogens with two attached hydrogens (primary N) is 1. The fourth-order valence-corrected chi connectivity index (χ4v) is 6.90. The number of hydrogen-bond donors (Lipinski definition) is 4. The summed E-state index contributed by atoms with van der Waals surface area (Å²) < 4.78 is 10.8. The number of nitrogens with zero attached hydrogens (tertiary/aromatic N) is 3. The number of anilines is 2. The molecule has 270 valence electrons. The van der Waals surface area contributed by atoms with E-state index in [0.717, 1.165) is 48.4 Å². The third kappa shape index (κ3) is 8.77. The maximum Gasteiger partial charge on any atom is 0.407 e. The van der Waals surface area contributed by atoms with Crippen LogP contribution in [0.4, 0.5) is 16.3 Å². The number of aromatic amines is 2. The van der Waals surface area contributed by atoms with Crippen molar-refractivity contribution in [2.75, 3.05) is 42.6 Å². The minimum atomic E-state index is -0.979. The maximum atomic E-state index is 14.4. The lowest BCUT2D eigenvalue weighted by Crippen LogP contribution is -2.52. The van der Waals surface area contributed by atoms with E-state index < -0.39 is 23.6 Å². The molecule has 3 amide bonds. The summed E-state index contributed by atoms with van der Waals surface area (Å²) in [4.78, 5) is 60.5. The number of H-pyrrole nitrogens is 2. The highest BCUT2D eigenvalue weighted by Crippen LogP contribution is 2.33. The van der Waals surface area contributed by atoms with E-state index in [4.69, 9.17) is 15.2 Å². The van der Waals surface area contributed by atoms with Crippen molar-refractivity contribution in [2.24, 2.45) is 17.6 Å². The molecule has 1 aliphatic heterocycles. The molecule has 0 bridgehead atoms. The Morgan fingerprint density at radius 1 is 1.00 bits per heavy atom. The zero-order valence-corrected chi connectivity index (χ0v) is 29.4. The van der Waals surface area contributed by atoms with Gasteiger partial charge in [-0.05, 0) is 93.8 Å². The van der Waals surface area contributed by atoms with E-state index in [-0.39, 0.29) is 29.7 Å². The highest BCUT2D eigenvalue weighted by Gasteiger charge is 2.36. The van der Waals surface area contributed by atoms with Gasteiger partial charge in [0.05, 0.1) is 24.1 Å². The highest BCUT2D eigenvalue weighted by molar-refractivity contribution is 6.03.